The zero-order chi connectivity index (χ0) is 14.6. The van der Waals surface area contributed by atoms with Gasteiger partial charge in [-0.15, -0.1) is 0 Å². The van der Waals surface area contributed by atoms with Gasteiger partial charge in [0, 0.05) is 38.1 Å². The van der Waals surface area contributed by atoms with Gasteiger partial charge in [0.25, 0.3) is 0 Å². The van der Waals surface area contributed by atoms with Crippen molar-refractivity contribution in [2.45, 2.75) is 56.1 Å². The molecule has 1 saturated heterocycles. The highest BCUT2D eigenvalue weighted by molar-refractivity contribution is 5.86. The first-order valence-corrected chi connectivity index (χ1v) is 7.19. The van der Waals surface area contributed by atoms with Gasteiger partial charge in [0.05, 0.1) is 0 Å². The second-order valence-corrected chi connectivity index (χ2v) is 5.65. The second kappa shape index (κ2) is 6.41. The second-order valence-electron chi connectivity index (χ2n) is 5.65. The lowest BCUT2D eigenvalue weighted by Crippen LogP contribution is -2.62. The Morgan fingerprint density at radius 1 is 1.20 bits per heavy atom. The van der Waals surface area contributed by atoms with Crippen LogP contribution in [0.25, 0.3) is 0 Å². The smallest absolute Gasteiger partial charge is 0.329 e. The highest BCUT2D eigenvalue weighted by Gasteiger charge is 2.42. The van der Waals surface area contributed by atoms with Gasteiger partial charge in [-0.05, 0) is 12.8 Å². The lowest BCUT2D eigenvalue weighted by molar-refractivity contribution is -0.148. The van der Waals surface area contributed by atoms with Crippen LogP contribution in [0, 0.1) is 0 Å². The Kier molecular flexibility index (Phi) is 4.82. The summed E-state index contributed by atoms with van der Waals surface area (Å²) in [7, 11) is 0. The summed E-state index contributed by atoms with van der Waals surface area (Å²) in [5.41, 5.74) is 4.75. The molecule has 114 valence electrons. The first kappa shape index (κ1) is 15.1. The summed E-state index contributed by atoms with van der Waals surface area (Å²) >= 11 is 0. The van der Waals surface area contributed by atoms with Crippen molar-refractivity contribution in [3.8, 4) is 0 Å². The van der Waals surface area contributed by atoms with Crippen LogP contribution in [0.15, 0.2) is 0 Å². The molecule has 0 bridgehead atoms. The normalized spacial score (nSPS) is 29.4. The number of ether oxygens (including phenoxy) is 1. The first-order chi connectivity index (χ1) is 9.53. The number of nitrogens with two attached hydrogens (primary N) is 1. The van der Waals surface area contributed by atoms with E-state index in [1.807, 2.05) is 0 Å². The van der Waals surface area contributed by atoms with Crippen molar-refractivity contribution in [3.05, 3.63) is 0 Å². The van der Waals surface area contributed by atoms with Crippen LogP contribution in [0.2, 0.25) is 0 Å². The zero-order valence-electron chi connectivity index (χ0n) is 11.6. The number of rotatable bonds is 3. The van der Waals surface area contributed by atoms with Crippen LogP contribution in [-0.2, 0) is 9.53 Å². The molecule has 2 aliphatic rings. The molecule has 0 aromatic carbocycles. The van der Waals surface area contributed by atoms with Gasteiger partial charge in [0.1, 0.15) is 5.54 Å². The Bertz CT molecular complexity index is 369. The molecule has 2 amide bonds. The summed E-state index contributed by atoms with van der Waals surface area (Å²) in [4.78, 5) is 23.5. The fourth-order valence-corrected chi connectivity index (χ4v) is 2.87. The zero-order valence-corrected chi connectivity index (χ0v) is 11.6. The molecule has 0 aromatic rings. The lowest BCUT2D eigenvalue weighted by Gasteiger charge is -2.35. The molecule has 1 aliphatic heterocycles. The number of aliphatic carboxylic acids is 1. The number of hydrogen-bond acceptors (Lipinski definition) is 4. The summed E-state index contributed by atoms with van der Waals surface area (Å²) in [5.74, 6) is -1.01. The highest BCUT2D eigenvalue weighted by Crippen LogP contribution is 2.21. The van der Waals surface area contributed by atoms with Gasteiger partial charge >= 0.3 is 12.0 Å². The molecule has 1 aliphatic carbocycles. The molecular formula is C13H23N3O4. The summed E-state index contributed by atoms with van der Waals surface area (Å²) in [6.45, 7) is 0.686. The fraction of sp³-hybridized carbons (Fsp3) is 0.846. The standard InChI is InChI=1S/C13H23N3O4/c14-9-3-1-2-4-10(9)15-12(19)16-13(11(17)18)5-7-20-8-6-13/h9-10H,1-8,14H2,(H,17,18)(H2,15,16,19). The Hall–Kier alpha value is -1.34. The van der Waals surface area contributed by atoms with Gasteiger partial charge in [-0.3, -0.25) is 0 Å². The quantitative estimate of drug-likeness (QED) is 0.591. The van der Waals surface area contributed by atoms with Crippen LogP contribution in [0.3, 0.4) is 0 Å². The minimum absolute atomic E-state index is 0.0510. The molecule has 2 fully saturated rings. The summed E-state index contributed by atoms with van der Waals surface area (Å²) in [6.07, 6.45) is 4.42. The first-order valence-electron chi connectivity index (χ1n) is 7.19. The van der Waals surface area contributed by atoms with Crippen LogP contribution < -0.4 is 16.4 Å². The monoisotopic (exact) mass is 285 g/mol. The van der Waals surface area contributed by atoms with E-state index in [4.69, 9.17) is 10.5 Å². The molecule has 2 rings (SSSR count). The number of amides is 2. The summed E-state index contributed by atoms with van der Waals surface area (Å²) in [5, 5.41) is 14.8. The van der Waals surface area contributed by atoms with Crippen molar-refractivity contribution in [2.24, 2.45) is 5.73 Å². The van der Waals surface area contributed by atoms with Crippen LogP contribution >= 0.6 is 0 Å². The largest absolute Gasteiger partial charge is 0.480 e. The van der Waals surface area contributed by atoms with Crippen molar-refractivity contribution in [1.82, 2.24) is 10.6 Å². The predicted octanol–water partition coefficient (Wildman–Crippen LogP) is 0.189. The topological polar surface area (TPSA) is 114 Å². The minimum Gasteiger partial charge on any atom is -0.480 e. The van der Waals surface area contributed by atoms with Crippen LogP contribution in [0.5, 0.6) is 0 Å². The number of carbonyl (C=O) groups is 2. The lowest BCUT2D eigenvalue weighted by atomic mass is 9.89. The van der Waals surface area contributed by atoms with Gasteiger partial charge in [0.15, 0.2) is 0 Å². The molecule has 0 radical (unpaired) electrons. The number of carboxylic acid groups (broad SMARTS) is 1. The van der Waals surface area contributed by atoms with Crippen molar-refractivity contribution in [3.63, 3.8) is 0 Å². The van der Waals surface area contributed by atoms with E-state index in [0.29, 0.717) is 13.2 Å². The van der Waals surface area contributed by atoms with Crippen molar-refractivity contribution < 1.29 is 19.4 Å². The molecule has 5 N–H and O–H groups in total. The molecular weight excluding hydrogens is 262 g/mol. The number of carbonyl (C=O) groups excluding carboxylic acids is 1. The maximum atomic E-state index is 12.1. The minimum atomic E-state index is -1.22. The molecule has 7 heteroatoms. The maximum Gasteiger partial charge on any atom is 0.329 e. The summed E-state index contributed by atoms with van der Waals surface area (Å²) in [6, 6.07) is -0.573. The third-order valence-corrected chi connectivity index (χ3v) is 4.24. The van der Waals surface area contributed by atoms with E-state index < -0.39 is 17.5 Å². The number of hydrogen-bond donors (Lipinski definition) is 4. The van der Waals surface area contributed by atoms with Crippen LogP contribution in [-0.4, -0.2) is 47.9 Å². The third-order valence-electron chi connectivity index (χ3n) is 4.24. The molecule has 2 atom stereocenters. The average Bonchev–Trinajstić information content (AvgIpc) is 2.42. The third kappa shape index (κ3) is 3.40. The van der Waals surface area contributed by atoms with Crippen molar-refractivity contribution in [1.29, 1.82) is 0 Å². The van der Waals surface area contributed by atoms with E-state index in [-0.39, 0.29) is 24.9 Å². The highest BCUT2D eigenvalue weighted by atomic mass is 16.5. The molecule has 2 unspecified atom stereocenters. The molecule has 0 spiro atoms. The van der Waals surface area contributed by atoms with E-state index in [1.54, 1.807) is 0 Å². The van der Waals surface area contributed by atoms with E-state index in [0.717, 1.165) is 25.7 Å². The Morgan fingerprint density at radius 3 is 2.45 bits per heavy atom. The van der Waals surface area contributed by atoms with Gasteiger partial charge in [-0.25, -0.2) is 9.59 Å². The Morgan fingerprint density at radius 2 is 1.85 bits per heavy atom. The van der Waals surface area contributed by atoms with Crippen LogP contribution in [0.4, 0.5) is 4.79 Å². The molecule has 1 saturated carbocycles. The molecule has 20 heavy (non-hydrogen) atoms. The Balaban J connectivity index is 1.93. The van der Waals surface area contributed by atoms with Gasteiger partial charge in [-0.2, -0.15) is 0 Å². The Labute approximate surface area is 118 Å². The fourth-order valence-electron chi connectivity index (χ4n) is 2.87. The molecule has 0 aromatic heterocycles. The van der Waals surface area contributed by atoms with Gasteiger partial charge < -0.3 is 26.2 Å². The predicted molar refractivity (Wildman–Crippen MR) is 72.3 cm³/mol. The van der Waals surface area contributed by atoms with E-state index in [2.05, 4.69) is 10.6 Å². The van der Waals surface area contributed by atoms with E-state index in [9.17, 15) is 14.7 Å². The van der Waals surface area contributed by atoms with Gasteiger partial charge in [0.2, 0.25) is 0 Å². The number of nitrogens with one attached hydrogen (secondary N) is 2. The molecule has 1 heterocycles. The number of carboxylic acids is 1. The molecule has 7 nitrogen and oxygen atoms in total. The van der Waals surface area contributed by atoms with Crippen molar-refractivity contribution >= 4 is 12.0 Å². The van der Waals surface area contributed by atoms with Crippen LogP contribution in [0.1, 0.15) is 38.5 Å². The van der Waals surface area contributed by atoms with Gasteiger partial charge in [-0.1, -0.05) is 12.8 Å². The van der Waals surface area contributed by atoms with Crippen molar-refractivity contribution in [2.75, 3.05) is 13.2 Å². The SMILES string of the molecule is NC1CCCCC1NC(=O)NC1(C(=O)O)CCOCC1. The number of urea groups is 1. The van der Waals surface area contributed by atoms with E-state index >= 15 is 0 Å². The van der Waals surface area contributed by atoms with E-state index in [1.165, 1.54) is 0 Å². The maximum absolute atomic E-state index is 12.1. The average molecular weight is 285 g/mol. The summed E-state index contributed by atoms with van der Waals surface area (Å²) < 4.78 is 5.17.